The molecule has 2 N–H and O–H groups in total. The molecule has 0 radical (unpaired) electrons. The molecule has 0 aromatic heterocycles. The van der Waals surface area contributed by atoms with Crippen molar-refractivity contribution in [3.05, 3.63) is 0 Å². The second-order valence-corrected chi connectivity index (χ2v) is 3.12. The highest BCUT2D eigenvalue weighted by Crippen LogP contribution is 2.24. The van der Waals surface area contributed by atoms with Crippen molar-refractivity contribution in [2.24, 2.45) is 5.92 Å². The molecule has 0 aromatic carbocycles. The van der Waals surface area contributed by atoms with E-state index < -0.39 is 6.09 Å². The Bertz CT molecular complexity index is 160. The van der Waals surface area contributed by atoms with E-state index in [1.165, 1.54) is 7.11 Å². The summed E-state index contributed by atoms with van der Waals surface area (Å²) in [5, 5.41) is 11.6. The molecule has 1 amide bonds. The summed E-state index contributed by atoms with van der Waals surface area (Å²) >= 11 is 0. The number of rotatable bonds is 2. The zero-order chi connectivity index (χ0) is 8.97. The van der Waals surface area contributed by atoms with Crippen molar-refractivity contribution in [2.75, 3.05) is 13.7 Å². The molecular weight excluding hydrogens is 158 g/mol. The number of amides is 1. The van der Waals surface area contributed by atoms with E-state index in [0.717, 1.165) is 19.3 Å². The Balaban J connectivity index is 2.35. The van der Waals surface area contributed by atoms with Gasteiger partial charge < -0.3 is 15.2 Å². The lowest BCUT2D eigenvalue weighted by Crippen LogP contribution is -2.38. The number of alkyl carbamates (subject to hydrolysis) is 1. The van der Waals surface area contributed by atoms with Crippen molar-refractivity contribution in [1.82, 2.24) is 5.32 Å². The first-order chi connectivity index (χ1) is 5.77. The third-order valence-corrected chi connectivity index (χ3v) is 2.38. The number of aliphatic hydroxyl groups excluding tert-OH is 1. The summed E-state index contributed by atoms with van der Waals surface area (Å²) < 4.78 is 4.47. The molecule has 4 heteroatoms. The van der Waals surface area contributed by atoms with Gasteiger partial charge in [0.2, 0.25) is 0 Å². The van der Waals surface area contributed by atoms with Gasteiger partial charge in [-0.3, -0.25) is 0 Å². The molecule has 0 spiro atoms. The van der Waals surface area contributed by atoms with Gasteiger partial charge in [-0.2, -0.15) is 0 Å². The van der Waals surface area contributed by atoms with Crippen LogP contribution < -0.4 is 5.32 Å². The number of hydrogen-bond donors (Lipinski definition) is 2. The van der Waals surface area contributed by atoms with Crippen molar-refractivity contribution in [1.29, 1.82) is 0 Å². The highest BCUT2D eigenvalue weighted by molar-refractivity contribution is 5.67. The first-order valence-electron chi connectivity index (χ1n) is 4.23. The average Bonchev–Trinajstić information content (AvgIpc) is 2.51. The molecule has 0 saturated heterocycles. The number of nitrogens with one attached hydrogen (secondary N) is 1. The van der Waals surface area contributed by atoms with Crippen LogP contribution in [-0.4, -0.2) is 31.0 Å². The number of hydrogen-bond acceptors (Lipinski definition) is 3. The largest absolute Gasteiger partial charge is 0.453 e. The summed E-state index contributed by atoms with van der Waals surface area (Å²) in [7, 11) is 1.35. The topological polar surface area (TPSA) is 58.6 Å². The Morgan fingerprint density at radius 1 is 1.67 bits per heavy atom. The summed E-state index contributed by atoms with van der Waals surface area (Å²) in [5.74, 6) is 0.212. The van der Waals surface area contributed by atoms with E-state index in [2.05, 4.69) is 10.1 Å². The first kappa shape index (κ1) is 9.32. The molecule has 2 unspecified atom stereocenters. The van der Waals surface area contributed by atoms with Crippen LogP contribution in [0.2, 0.25) is 0 Å². The van der Waals surface area contributed by atoms with Gasteiger partial charge in [0, 0.05) is 18.6 Å². The second kappa shape index (κ2) is 4.30. The average molecular weight is 173 g/mol. The maximum absolute atomic E-state index is 10.8. The lowest BCUT2D eigenvalue weighted by Gasteiger charge is -2.17. The van der Waals surface area contributed by atoms with Crippen LogP contribution in [0.1, 0.15) is 19.3 Å². The molecular formula is C8H15NO3. The predicted molar refractivity (Wildman–Crippen MR) is 43.8 cm³/mol. The minimum absolute atomic E-state index is 0.0995. The van der Waals surface area contributed by atoms with Crippen LogP contribution in [-0.2, 0) is 4.74 Å². The van der Waals surface area contributed by atoms with Crippen LogP contribution >= 0.6 is 0 Å². The molecule has 12 heavy (non-hydrogen) atoms. The molecule has 2 atom stereocenters. The molecule has 1 fully saturated rings. The van der Waals surface area contributed by atoms with Crippen molar-refractivity contribution >= 4 is 6.09 Å². The Morgan fingerprint density at radius 2 is 2.42 bits per heavy atom. The molecule has 0 heterocycles. The Kier molecular flexibility index (Phi) is 3.34. The van der Waals surface area contributed by atoms with Gasteiger partial charge in [-0.1, -0.05) is 6.42 Å². The second-order valence-electron chi connectivity index (χ2n) is 3.12. The standard InChI is InChI=1S/C8H15NO3/c1-12-8(11)9-7-4-2-3-6(7)5-10/h6-7,10H,2-5H2,1H3,(H,9,11). The van der Waals surface area contributed by atoms with Crippen molar-refractivity contribution in [3.63, 3.8) is 0 Å². The highest BCUT2D eigenvalue weighted by Gasteiger charge is 2.27. The molecule has 1 rings (SSSR count). The molecule has 0 bridgehead atoms. The molecule has 1 aliphatic rings. The molecule has 0 aromatic rings. The molecule has 1 saturated carbocycles. The third-order valence-electron chi connectivity index (χ3n) is 2.38. The summed E-state index contributed by atoms with van der Waals surface area (Å²) in [6.45, 7) is 0.147. The van der Waals surface area contributed by atoms with Crippen LogP contribution in [0.4, 0.5) is 4.79 Å². The molecule has 70 valence electrons. The van der Waals surface area contributed by atoms with Crippen LogP contribution in [0.5, 0.6) is 0 Å². The number of aliphatic hydroxyl groups is 1. The van der Waals surface area contributed by atoms with Crippen LogP contribution in [0.15, 0.2) is 0 Å². The van der Waals surface area contributed by atoms with Crippen LogP contribution in [0.25, 0.3) is 0 Å². The Labute approximate surface area is 71.9 Å². The molecule has 1 aliphatic carbocycles. The highest BCUT2D eigenvalue weighted by atomic mass is 16.5. The van der Waals surface area contributed by atoms with Gasteiger partial charge in [-0.25, -0.2) is 4.79 Å². The maximum atomic E-state index is 10.8. The van der Waals surface area contributed by atoms with Crippen molar-refractivity contribution in [2.45, 2.75) is 25.3 Å². The van der Waals surface area contributed by atoms with E-state index in [-0.39, 0.29) is 18.6 Å². The van der Waals surface area contributed by atoms with Gasteiger partial charge in [-0.15, -0.1) is 0 Å². The van der Waals surface area contributed by atoms with E-state index in [4.69, 9.17) is 5.11 Å². The van der Waals surface area contributed by atoms with Gasteiger partial charge in [0.1, 0.15) is 0 Å². The van der Waals surface area contributed by atoms with Gasteiger partial charge in [-0.05, 0) is 12.8 Å². The zero-order valence-corrected chi connectivity index (χ0v) is 7.25. The lowest BCUT2D eigenvalue weighted by atomic mass is 10.1. The van der Waals surface area contributed by atoms with Crippen molar-refractivity contribution < 1.29 is 14.6 Å². The van der Waals surface area contributed by atoms with E-state index >= 15 is 0 Å². The maximum Gasteiger partial charge on any atom is 0.407 e. The summed E-state index contributed by atoms with van der Waals surface area (Å²) in [6, 6.07) is 0.0995. The van der Waals surface area contributed by atoms with Gasteiger partial charge in [0.05, 0.1) is 7.11 Å². The van der Waals surface area contributed by atoms with Crippen LogP contribution in [0, 0.1) is 5.92 Å². The number of methoxy groups -OCH3 is 1. The normalized spacial score (nSPS) is 28.5. The summed E-state index contributed by atoms with van der Waals surface area (Å²) in [4.78, 5) is 10.8. The Hall–Kier alpha value is -0.770. The fourth-order valence-electron chi connectivity index (χ4n) is 1.66. The minimum Gasteiger partial charge on any atom is -0.453 e. The quantitative estimate of drug-likeness (QED) is 0.639. The minimum atomic E-state index is -0.402. The lowest BCUT2D eigenvalue weighted by molar-refractivity contribution is 0.155. The van der Waals surface area contributed by atoms with Gasteiger partial charge >= 0.3 is 6.09 Å². The monoisotopic (exact) mass is 173 g/mol. The molecule has 4 nitrogen and oxygen atoms in total. The van der Waals surface area contributed by atoms with E-state index in [1.54, 1.807) is 0 Å². The fraction of sp³-hybridized carbons (Fsp3) is 0.875. The van der Waals surface area contributed by atoms with Gasteiger partial charge in [0.25, 0.3) is 0 Å². The summed E-state index contributed by atoms with van der Waals surface area (Å²) in [6.07, 6.45) is 2.60. The van der Waals surface area contributed by atoms with E-state index in [0.29, 0.717) is 0 Å². The smallest absolute Gasteiger partial charge is 0.407 e. The number of carbonyl (C=O) groups excluding carboxylic acids is 1. The third kappa shape index (κ3) is 2.11. The van der Waals surface area contributed by atoms with Gasteiger partial charge in [0.15, 0.2) is 0 Å². The summed E-state index contributed by atoms with van der Waals surface area (Å²) in [5.41, 5.74) is 0. The molecule has 0 aliphatic heterocycles. The number of ether oxygens (including phenoxy) is 1. The predicted octanol–water partition coefficient (Wildman–Crippen LogP) is 0.503. The van der Waals surface area contributed by atoms with E-state index in [1.807, 2.05) is 0 Å². The first-order valence-corrected chi connectivity index (χ1v) is 4.23. The van der Waals surface area contributed by atoms with Crippen molar-refractivity contribution in [3.8, 4) is 0 Å². The van der Waals surface area contributed by atoms with E-state index in [9.17, 15) is 4.79 Å². The van der Waals surface area contributed by atoms with Crippen LogP contribution in [0.3, 0.4) is 0 Å². The fourth-order valence-corrected chi connectivity index (χ4v) is 1.66. The Morgan fingerprint density at radius 3 is 3.00 bits per heavy atom. The number of carbonyl (C=O) groups is 1. The zero-order valence-electron chi connectivity index (χ0n) is 7.25. The SMILES string of the molecule is COC(=O)NC1CCCC1CO.